The van der Waals surface area contributed by atoms with Crippen molar-refractivity contribution in [1.82, 2.24) is 4.90 Å². The summed E-state index contributed by atoms with van der Waals surface area (Å²) in [7, 11) is 0. The number of amides is 1. The van der Waals surface area contributed by atoms with Gasteiger partial charge in [0.25, 0.3) is 5.91 Å². The van der Waals surface area contributed by atoms with Gasteiger partial charge in [-0.1, -0.05) is 29.3 Å². The van der Waals surface area contributed by atoms with Crippen LogP contribution in [0.5, 0.6) is 0 Å². The number of aliphatic hydroxyl groups excluding tert-OH is 1. The van der Waals surface area contributed by atoms with E-state index in [1.54, 1.807) is 17.0 Å². The number of benzene rings is 2. The van der Waals surface area contributed by atoms with Crippen molar-refractivity contribution in [3.63, 3.8) is 0 Å². The summed E-state index contributed by atoms with van der Waals surface area (Å²) < 4.78 is 13.7. The van der Waals surface area contributed by atoms with Crippen molar-refractivity contribution in [1.29, 1.82) is 0 Å². The predicted molar refractivity (Wildman–Crippen MR) is 87.2 cm³/mol. The molecule has 0 radical (unpaired) electrons. The topological polar surface area (TPSA) is 40.5 Å². The molecule has 3 nitrogen and oxygen atoms in total. The Kier molecular flexibility index (Phi) is 4.57. The summed E-state index contributed by atoms with van der Waals surface area (Å²) in [6, 6.07) is 8.03. The number of carbonyl (C=O) groups is 1. The molecule has 0 spiro atoms. The molecule has 1 amide bonds. The van der Waals surface area contributed by atoms with Gasteiger partial charge in [-0.25, -0.2) is 4.39 Å². The highest BCUT2D eigenvalue weighted by Gasteiger charge is 2.26. The maximum absolute atomic E-state index is 13.7. The Labute approximate surface area is 143 Å². The minimum atomic E-state index is -0.475. The maximum Gasteiger partial charge on any atom is 0.254 e. The molecule has 2 aromatic carbocycles. The summed E-state index contributed by atoms with van der Waals surface area (Å²) in [6.07, 6.45) is 0.574. The normalized spacial score (nSPS) is 14.1. The SMILES string of the molecule is O=C1c2cc(CO)c(F)cc2CCN1Cc1ccc(Cl)c(Cl)c1. The number of carbonyl (C=O) groups excluding carboxylic acids is 1. The largest absolute Gasteiger partial charge is 0.392 e. The van der Waals surface area contributed by atoms with Gasteiger partial charge < -0.3 is 10.0 Å². The Morgan fingerprint density at radius 2 is 1.96 bits per heavy atom. The molecule has 0 fully saturated rings. The van der Waals surface area contributed by atoms with Crippen LogP contribution in [-0.4, -0.2) is 22.5 Å². The van der Waals surface area contributed by atoms with E-state index in [2.05, 4.69) is 0 Å². The second-order valence-electron chi connectivity index (χ2n) is 5.48. The van der Waals surface area contributed by atoms with Crippen LogP contribution in [-0.2, 0) is 19.6 Å². The van der Waals surface area contributed by atoms with Gasteiger partial charge in [0.2, 0.25) is 0 Å². The van der Waals surface area contributed by atoms with E-state index in [1.807, 2.05) is 6.07 Å². The number of hydrogen-bond donors (Lipinski definition) is 1. The van der Waals surface area contributed by atoms with Crippen LogP contribution in [0.1, 0.15) is 27.0 Å². The smallest absolute Gasteiger partial charge is 0.254 e. The molecule has 23 heavy (non-hydrogen) atoms. The van der Waals surface area contributed by atoms with Crippen LogP contribution in [0.4, 0.5) is 4.39 Å². The molecule has 0 aromatic heterocycles. The zero-order chi connectivity index (χ0) is 16.6. The highest BCUT2D eigenvalue weighted by molar-refractivity contribution is 6.42. The van der Waals surface area contributed by atoms with Crippen LogP contribution in [0.25, 0.3) is 0 Å². The van der Waals surface area contributed by atoms with Crippen LogP contribution in [0.15, 0.2) is 30.3 Å². The van der Waals surface area contributed by atoms with Gasteiger partial charge in [-0.05, 0) is 41.8 Å². The van der Waals surface area contributed by atoms with Crippen molar-refractivity contribution in [3.05, 3.63) is 68.4 Å². The fraction of sp³-hybridized carbons (Fsp3) is 0.235. The average Bonchev–Trinajstić information content (AvgIpc) is 2.53. The fourth-order valence-corrected chi connectivity index (χ4v) is 3.04. The molecule has 0 saturated heterocycles. The van der Waals surface area contributed by atoms with Crippen molar-refractivity contribution in [2.75, 3.05) is 6.54 Å². The molecule has 1 aliphatic heterocycles. The van der Waals surface area contributed by atoms with Gasteiger partial charge in [0.15, 0.2) is 0 Å². The van der Waals surface area contributed by atoms with Crippen LogP contribution in [0.3, 0.4) is 0 Å². The first-order chi connectivity index (χ1) is 11.0. The van der Waals surface area contributed by atoms with Gasteiger partial charge >= 0.3 is 0 Å². The molecule has 2 aromatic rings. The molecule has 1 N–H and O–H groups in total. The number of rotatable bonds is 3. The molecule has 0 atom stereocenters. The van der Waals surface area contributed by atoms with Crippen molar-refractivity contribution < 1.29 is 14.3 Å². The molecule has 0 bridgehead atoms. The summed E-state index contributed by atoms with van der Waals surface area (Å²) in [6.45, 7) is 0.476. The zero-order valence-corrected chi connectivity index (χ0v) is 13.7. The molecule has 1 aliphatic rings. The molecular formula is C17H14Cl2FNO2. The first kappa shape index (κ1) is 16.2. The number of hydrogen-bond acceptors (Lipinski definition) is 2. The monoisotopic (exact) mass is 353 g/mol. The average molecular weight is 354 g/mol. The van der Waals surface area contributed by atoms with Crippen molar-refractivity contribution in [3.8, 4) is 0 Å². The molecule has 0 unspecified atom stereocenters. The predicted octanol–water partition coefficient (Wildman–Crippen LogP) is 3.82. The van der Waals surface area contributed by atoms with E-state index in [1.165, 1.54) is 12.1 Å². The fourth-order valence-electron chi connectivity index (χ4n) is 2.72. The van der Waals surface area contributed by atoms with Gasteiger partial charge in [0.05, 0.1) is 16.7 Å². The quantitative estimate of drug-likeness (QED) is 0.910. The van der Waals surface area contributed by atoms with Crippen molar-refractivity contribution in [2.45, 2.75) is 19.6 Å². The third-order valence-electron chi connectivity index (χ3n) is 3.97. The van der Waals surface area contributed by atoms with Crippen molar-refractivity contribution >= 4 is 29.1 Å². The Balaban J connectivity index is 1.87. The molecule has 0 saturated carbocycles. The van der Waals surface area contributed by atoms with E-state index in [9.17, 15) is 14.3 Å². The highest BCUT2D eigenvalue weighted by atomic mass is 35.5. The lowest BCUT2D eigenvalue weighted by Gasteiger charge is -2.29. The first-order valence-corrected chi connectivity index (χ1v) is 7.90. The Hall–Kier alpha value is -1.62. The van der Waals surface area contributed by atoms with Gasteiger partial charge in [-0.15, -0.1) is 0 Å². The summed E-state index contributed by atoms with van der Waals surface area (Å²) >= 11 is 11.9. The second kappa shape index (κ2) is 6.48. The van der Waals surface area contributed by atoms with E-state index in [-0.39, 0.29) is 11.5 Å². The minimum Gasteiger partial charge on any atom is -0.392 e. The number of nitrogens with zero attached hydrogens (tertiary/aromatic N) is 1. The third-order valence-corrected chi connectivity index (χ3v) is 4.71. The Morgan fingerprint density at radius 3 is 2.65 bits per heavy atom. The van der Waals surface area contributed by atoms with E-state index < -0.39 is 12.4 Å². The lowest BCUT2D eigenvalue weighted by atomic mass is 9.96. The molecule has 120 valence electrons. The lowest BCUT2D eigenvalue weighted by Crippen LogP contribution is -2.37. The number of halogens is 3. The molecule has 1 heterocycles. The standard InChI is InChI=1S/C17H14Cl2FNO2/c18-14-2-1-10(5-15(14)19)8-21-4-3-11-7-16(20)12(9-22)6-13(11)17(21)23/h1-2,5-7,22H,3-4,8-9H2. The first-order valence-electron chi connectivity index (χ1n) is 7.15. The van der Waals surface area contributed by atoms with E-state index in [0.29, 0.717) is 40.7 Å². The zero-order valence-electron chi connectivity index (χ0n) is 12.2. The van der Waals surface area contributed by atoms with Gasteiger partial charge in [-0.2, -0.15) is 0 Å². The van der Waals surface area contributed by atoms with Crippen LogP contribution >= 0.6 is 23.2 Å². The van der Waals surface area contributed by atoms with Gasteiger partial charge in [-0.3, -0.25) is 4.79 Å². The minimum absolute atomic E-state index is 0.133. The molecule has 3 rings (SSSR count). The Bertz CT molecular complexity index is 779. The molecular weight excluding hydrogens is 340 g/mol. The lowest BCUT2D eigenvalue weighted by molar-refractivity contribution is 0.0726. The van der Waals surface area contributed by atoms with Crippen LogP contribution in [0.2, 0.25) is 10.0 Å². The Morgan fingerprint density at radius 1 is 1.17 bits per heavy atom. The van der Waals surface area contributed by atoms with E-state index in [0.717, 1.165) is 5.56 Å². The van der Waals surface area contributed by atoms with Crippen molar-refractivity contribution in [2.24, 2.45) is 0 Å². The highest BCUT2D eigenvalue weighted by Crippen LogP contribution is 2.26. The third kappa shape index (κ3) is 3.20. The second-order valence-corrected chi connectivity index (χ2v) is 6.30. The molecule has 6 heteroatoms. The summed E-state index contributed by atoms with van der Waals surface area (Å²) in [4.78, 5) is 14.3. The number of fused-ring (bicyclic) bond motifs is 1. The maximum atomic E-state index is 13.7. The summed E-state index contributed by atoms with van der Waals surface area (Å²) in [5, 5.41) is 10.1. The van der Waals surface area contributed by atoms with E-state index in [4.69, 9.17) is 23.2 Å². The van der Waals surface area contributed by atoms with Gasteiger partial charge in [0, 0.05) is 24.2 Å². The summed E-state index contributed by atoms with van der Waals surface area (Å²) in [5.74, 6) is -0.649. The van der Waals surface area contributed by atoms with Crippen LogP contribution < -0.4 is 0 Å². The number of aliphatic hydroxyl groups is 1. The van der Waals surface area contributed by atoms with E-state index >= 15 is 0 Å². The summed E-state index contributed by atoms with van der Waals surface area (Å²) in [5.41, 5.74) is 2.13. The van der Waals surface area contributed by atoms with Crippen LogP contribution in [0, 0.1) is 5.82 Å². The molecule has 0 aliphatic carbocycles. The van der Waals surface area contributed by atoms with Gasteiger partial charge in [0.1, 0.15) is 5.82 Å².